The van der Waals surface area contributed by atoms with Crippen molar-refractivity contribution in [3.63, 3.8) is 0 Å². The SMILES string of the molecule is COc1ccc(C(O)(Cc2c[nH]c(=O)[nH]2)c2ccccc2)cc1OC1CCCC1. The fourth-order valence-electron chi connectivity index (χ4n) is 4.04. The Morgan fingerprint density at radius 3 is 2.48 bits per heavy atom. The summed E-state index contributed by atoms with van der Waals surface area (Å²) in [5.74, 6) is 1.28. The molecule has 3 N–H and O–H groups in total. The van der Waals surface area contributed by atoms with Crippen LogP contribution < -0.4 is 15.2 Å². The summed E-state index contributed by atoms with van der Waals surface area (Å²) in [6, 6.07) is 15.0. The largest absolute Gasteiger partial charge is 0.493 e. The molecule has 3 aromatic rings. The van der Waals surface area contributed by atoms with E-state index in [9.17, 15) is 9.90 Å². The van der Waals surface area contributed by atoms with E-state index in [2.05, 4.69) is 9.97 Å². The minimum atomic E-state index is -1.34. The third-order valence-corrected chi connectivity index (χ3v) is 5.59. The first-order chi connectivity index (χ1) is 14.1. The topological polar surface area (TPSA) is 87.3 Å². The highest BCUT2D eigenvalue weighted by atomic mass is 16.5. The van der Waals surface area contributed by atoms with Crippen molar-refractivity contribution in [2.45, 2.75) is 43.8 Å². The molecule has 0 saturated heterocycles. The number of hydrogen-bond acceptors (Lipinski definition) is 4. The van der Waals surface area contributed by atoms with E-state index in [4.69, 9.17) is 9.47 Å². The summed E-state index contributed by atoms with van der Waals surface area (Å²) in [5.41, 5.74) is 0.399. The Labute approximate surface area is 169 Å². The Hall–Kier alpha value is -2.99. The van der Waals surface area contributed by atoms with E-state index in [1.165, 1.54) is 12.8 Å². The second-order valence-electron chi connectivity index (χ2n) is 7.56. The first kappa shape index (κ1) is 19.3. The van der Waals surface area contributed by atoms with E-state index in [1.807, 2.05) is 48.5 Å². The van der Waals surface area contributed by atoms with Crippen molar-refractivity contribution in [2.24, 2.45) is 0 Å². The van der Waals surface area contributed by atoms with E-state index in [-0.39, 0.29) is 18.2 Å². The summed E-state index contributed by atoms with van der Waals surface area (Å²) in [6.07, 6.45) is 6.37. The average molecular weight is 394 g/mol. The molecule has 1 aliphatic carbocycles. The number of H-pyrrole nitrogens is 2. The maximum absolute atomic E-state index is 11.8. The van der Waals surface area contributed by atoms with Gasteiger partial charge in [-0.25, -0.2) is 4.79 Å². The van der Waals surface area contributed by atoms with E-state index in [0.29, 0.717) is 22.8 Å². The van der Waals surface area contributed by atoms with Crippen molar-refractivity contribution in [1.29, 1.82) is 0 Å². The number of hydrogen-bond donors (Lipinski definition) is 3. The normalized spacial score (nSPS) is 16.5. The third-order valence-electron chi connectivity index (χ3n) is 5.59. The average Bonchev–Trinajstić information content (AvgIpc) is 3.40. The molecule has 2 aromatic carbocycles. The minimum absolute atomic E-state index is 0.171. The molecule has 1 atom stereocenters. The van der Waals surface area contributed by atoms with Crippen LogP contribution in [0.1, 0.15) is 42.5 Å². The predicted octanol–water partition coefficient (Wildman–Crippen LogP) is 3.51. The molecule has 1 heterocycles. The molecule has 1 saturated carbocycles. The van der Waals surface area contributed by atoms with Crippen LogP contribution in [0.2, 0.25) is 0 Å². The summed E-state index contributed by atoms with van der Waals surface area (Å²) in [6.45, 7) is 0. The molecule has 6 heteroatoms. The van der Waals surface area contributed by atoms with Crippen LogP contribution in [0.15, 0.2) is 59.5 Å². The Bertz CT molecular complexity index is 1000. The number of rotatable bonds is 7. The number of aromatic amines is 2. The Morgan fingerprint density at radius 2 is 1.83 bits per heavy atom. The molecule has 0 aliphatic heterocycles. The summed E-state index contributed by atoms with van der Waals surface area (Å²) in [4.78, 5) is 16.9. The highest BCUT2D eigenvalue weighted by molar-refractivity contribution is 5.48. The van der Waals surface area contributed by atoms with Crippen molar-refractivity contribution in [3.8, 4) is 11.5 Å². The lowest BCUT2D eigenvalue weighted by Gasteiger charge is -2.30. The van der Waals surface area contributed by atoms with E-state index < -0.39 is 5.60 Å². The monoisotopic (exact) mass is 394 g/mol. The van der Waals surface area contributed by atoms with Gasteiger partial charge in [0.05, 0.1) is 13.2 Å². The Morgan fingerprint density at radius 1 is 1.07 bits per heavy atom. The molecule has 0 spiro atoms. The van der Waals surface area contributed by atoms with Gasteiger partial charge in [0.1, 0.15) is 5.60 Å². The molecule has 0 radical (unpaired) electrons. The lowest BCUT2D eigenvalue weighted by molar-refractivity contribution is 0.0794. The maximum Gasteiger partial charge on any atom is 0.323 e. The van der Waals surface area contributed by atoms with Gasteiger partial charge in [-0.3, -0.25) is 0 Å². The van der Waals surface area contributed by atoms with Gasteiger partial charge in [-0.15, -0.1) is 0 Å². The molecule has 4 rings (SSSR count). The molecule has 6 nitrogen and oxygen atoms in total. The fourth-order valence-corrected chi connectivity index (χ4v) is 4.04. The summed E-state index contributed by atoms with van der Waals surface area (Å²) >= 11 is 0. The highest BCUT2D eigenvalue weighted by Crippen LogP contribution is 2.39. The van der Waals surface area contributed by atoms with E-state index >= 15 is 0 Å². The van der Waals surface area contributed by atoms with Crippen LogP contribution in [0.5, 0.6) is 11.5 Å². The summed E-state index contributed by atoms with van der Waals surface area (Å²) < 4.78 is 11.7. The molecule has 1 aliphatic rings. The summed E-state index contributed by atoms with van der Waals surface area (Å²) in [7, 11) is 1.62. The van der Waals surface area contributed by atoms with Crippen LogP contribution in [0.25, 0.3) is 0 Å². The molecule has 1 fully saturated rings. The van der Waals surface area contributed by atoms with Crippen LogP contribution in [0, 0.1) is 0 Å². The van der Waals surface area contributed by atoms with Crippen molar-refractivity contribution < 1.29 is 14.6 Å². The van der Waals surface area contributed by atoms with Gasteiger partial charge in [-0.2, -0.15) is 0 Å². The number of imidazole rings is 1. The van der Waals surface area contributed by atoms with Gasteiger partial charge in [0, 0.05) is 18.3 Å². The van der Waals surface area contributed by atoms with Gasteiger partial charge < -0.3 is 24.5 Å². The third kappa shape index (κ3) is 4.07. The lowest BCUT2D eigenvalue weighted by atomic mass is 9.82. The molecule has 1 aromatic heterocycles. The predicted molar refractivity (Wildman–Crippen MR) is 110 cm³/mol. The molecule has 152 valence electrons. The van der Waals surface area contributed by atoms with Crippen LogP contribution in [-0.2, 0) is 12.0 Å². The van der Waals surface area contributed by atoms with Gasteiger partial charge in [0.2, 0.25) is 0 Å². The fraction of sp³-hybridized carbons (Fsp3) is 0.348. The van der Waals surface area contributed by atoms with Crippen LogP contribution in [0.4, 0.5) is 0 Å². The van der Waals surface area contributed by atoms with E-state index in [1.54, 1.807) is 13.3 Å². The van der Waals surface area contributed by atoms with Gasteiger partial charge in [-0.05, 0) is 48.9 Å². The number of ether oxygens (including phenoxy) is 2. The number of benzene rings is 2. The molecule has 0 amide bonds. The lowest BCUT2D eigenvalue weighted by Crippen LogP contribution is -2.30. The van der Waals surface area contributed by atoms with E-state index in [0.717, 1.165) is 18.4 Å². The van der Waals surface area contributed by atoms with Crippen molar-refractivity contribution in [3.05, 3.63) is 82.0 Å². The zero-order chi connectivity index (χ0) is 20.3. The van der Waals surface area contributed by atoms with Gasteiger partial charge in [0.15, 0.2) is 11.5 Å². The number of methoxy groups -OCH3 is 1. The van der Waals surface area contributed by atoms with Crippen LogP contribution in [-0.4, -0.2) is 28.3 Å². The number of aromatic nitrogens is 2. The number of nitrogens with one attached hydrogen (secondary N) is 2. The van der Waals surface area contributed by atoms with Crippen LogP contribution >= 0.6 is 0 Å². The van der Waals surface area contributed by atoms with Gasteiger partial charge in [0.25, 0.3) is 0 Å². The van der Waals surface area contributed by atoms with Gasteiger partial charge in [-0.1, -0.05) is 36.4 Å². The molecule has 1 unspecified atom stereocenters. The minimum Gasteiger partial charge on any atom is -0.493 e. The van der Waals surface area contributed by atoms with Crippen molar-refractivity contribution >= 4 is 0 Å². The number of aliphatic hydroxyl groups is 1. The zero-order valence-corrected chi connectivity index (χ0v) is 16.5. The maximum atomic E-state index is 11.8. The molecular weight excluding hydrogens is 368 g/mol. The smallest absolute Gasteiger partial charge is 0.323 e. The standard InChI is InChI=1S/C23H26N2O4/c1-28-20-12-11-17(13-21(20)29-19-9-5-6-10-19)23(27,16-7-3-2-4-8-16)14-18-15-24-22(26)25-18/h2-4,7-8,11-13,15,19,27H,5-6,9-10,14H2,1H3,(H2,24,25,26). The first-order valence-corrected chi connectivity index (χ1v) is 9.98. The Balaban J connectivity index is 1.76. The quantitative estimate of drug-likeness (QED) is 0.572. The highest BCUT2D eigenvalue weighted by Gasteiger charge is 2.34. The van der Waals surface area contributed by atoms with Crippen LogP contribution in [0.3, 0.4) is 0 Å². The molecule has 0 bridgehead atoms. The molecule has 29 heavy (non-hydrogen) atoms. The Kier molecular flexibility index (Phi) is 5.45. The summed E-state index contributed by atoms with van der Waals surface area (Å²) in [5, 5.41) is 11.8. The van der Waals surface area contributed by atoms with Crippen molar-refractivity contribution in [1.82, 2.24) is 9.97 Å². The zero-order valence-electron chi connectivity index (χ0n) is 16.5. The molecular formula is C23H26N2O4. The van der Waals surface area contributed by atoms with Crippen molar-refractivity contribution in [2.75, 3.05) is 7.11 Å². The first-order valence-electron chi connectivity index (χ1n) is 9.98. The second-order valence-corrected chi connectivity index (χ2v) is 7.56. The van der Waals surface area contributed by atoms with Gasteiger partial charge >= 0.3 is 5.69 Å². The second kappa shape index (κ2) is 8.17.